The number of hydroxylamine groups is 3. The van der Waals surface area contributed by atoms with Crippen molar-refractivity contribution in [2.24, 2.45) is 11.7 Å². The van der Waals surface area contributed by atoms with Gasteiger partial charge in [0.15, 0.2) is 0 Å². The largest absolute Gasteiger partial charge is 0.576 e. The number of quaternary nitrogens is 1. The highest BCUT2D eigenvalue weighted by Crippen LogP contribution is 2.28. The van der Waals surface area contributed by atoms with Crippen molar-refractivity contribution >= 4 is 23.9 Å². The van der Waals surface area contributed by atoms with Crippen molar-refractivity contribution in [1.29, 1.82) is 0 Å². The normalized spacial score (nSPS) is 19.2. The molecule has 0 unspecified atom stereocenters. The predicted octanol–water partition coefficient (Wildman–Crippen LogP) is 1.03. The van der Waals surface area contributed by atoms with Gasteiger partial charge in [-0.1, -0.05) is 13.8 Å². The maximum Gasteiger partial charge on any atom is 0.576 e. The summed E-state index contributed by atoms with van der Waals surface area (Å²) in [7, 11) is 0. The quantitative estimate of drug-likeness (QED) is 0.598. The number of hydrogen-bond acceptors (Lipinski definition) is 7. The van der Waals surface area contributed by atoms with E-state index >= 15 is 0 Å². The van der Waals surface area contributed by atoms with E-state index in [9.17, 15) is 19.2 Å². The van der Waals surface area contributed by atoms with Crippen LogP contribution in [-0.2, 0) is 24.0 Å². The van der Waals surface area contributed by atoms with Gasteiger partial charge in [-0.25, -0.2) is 19.2 Å². The zero-order chi connectivity index (χ0) is 17.3. The molecule has 1 aliphatic heterocycles. The minimum Gasteiger partial charge on any atom is -0.411 e. The van der Waals surface area contributed by atoms with Crippen molar-refractivity contribution in [3.8, 4) is 0 Å². The molecule has 8 nitrogen and oxygen atoms in total. The zero-order valence-corrected chi connectivity index (χ0v) is 13.5. The van der Waals surface area contributed by atoms with Crippen molar-refractivity contribution in [2.75, 3.05) is 0 Å². The third-order valence-electron chi connectivity index (χ3n) is 3.12. The van der Waals surface area contributed by atoms with Crippen LogP contribution in [0.2, 0.25) is 0 Å². The first-order valence-corrected chi connectivity index (χ1v) is 7.10. The molecule has 22 heavy (non-hydrogen) atoms. The van der Waals surface area contributed by atoms with Crippen LogP contribution < -0.4 is 5.73 Å². The lowest BCUT2D eigenvalue weighted by Crippen LogP contribution is -2.60. The van der Waals surface area contributed by atoms with Gasteiger partial charge in [-0.15, -0.1) is 0 Å². The number of rotatable bonds is 2. The molecule has 1 saturated heterocycles. The fourth-order valence-corrected chi connectivity index (χ4v) is 1.80. The maximum atomic E-state index is 12.3. The molecule has 1 fully saturated rings. The number of nitrogens with two attached hydrogens (primary N) is 1. The van der Waals surface area contributed by atoms with Crippen LogP contribution >= 0.6 is 0 Å². The molecule has 124 valence electrons. The number of carbonyl (C=O) groups excluding carboxylic acids is 4. The second-order valence-corrected chi connectivity index (χ2v) is 6.56. The van der Waals surface area contributed by atoms with E-state index in [1.807, 2.05) is 0 Å². The van der Waals surface area contributed by atoms with Gasteiger partial charge >= 0.3 is 23.9 Å². The van der Waals surface area contributed by atoms with E-state index in [4.69, 9.17) is 15.3 Å². The van der Waals surface area contributed by atoms with Gasteiger partial charge in [0.1, 0.15) is 11.6 Å². The second kappa shape index (κ2) is 6.13. The van der Waals surface area contributed by atoms with Gasteiger partial charge in [0, 0.05) is 0 Å². The summed E-state index contributed by atoms with van der Waals surface area (Å²) in [6.07, 6.45) is -1.60. The Labute approximate surface area is 129 Å². The minimum absolute atomic E-state index is 0.192. The molecule has 2 N–H and O–H groups in total. The highest BCUT2D eigenvalue weighted by atomic mass is 16.8. The van der Waals surface area contributed by atoms with Crippen LogP contribution in [0.5, 0.6) is 0 Å². The summed E-state index contributed by atoms with van der Waals surface area (Å²) in [5, 5.41) is 0. The Morgan fingerprint density at radius 3 is 1.95 bits per heavy atom. The molecular weight excluding hydrogens is 292 g/mol. The Bertz CT molecular complexity index is 490. The number of likely N-dealkylation sites (tertiary alicyclic amines) is 1. The van der Waals surface area contributed by atoms with Gasteiger partial charge < -0.3 is 10.5 Å². The number of amides is 3. The van der Waals surface area contributed by atoms with Crippen molar-refractivity contribution in [2.45, 2.75) is 59.1 Å². The molecular formula is C14H23N2O6+. The van der Waals surface area contributed by atoms with Crippen molar-refractivity contribution < 1.29 is 33.4 Å². The SMILES string of the molecule is CC(C)[C@H](N)C(=O)O[N+]1(C(=O)OC(C)(C)C)C(=O)CCC1=O. The molecule has 3 amide bonds. The van der Waals surface area contributed by atoms with Crippen LogP contribution in [0.1, 0.15) is 47.5 Å². The standard InChI is InChI=1S/C14H23N2O6/c1-8(2)11(15)12(19)22-16(9(17)6-7-10(16)18)13(20)21-14(3,4)5/h8,11H,6-7,15H2,1-5H3/q+1/t11-/m0/s1. The van der Waals surface area contributed by atoms with E-state index in [-0.39, 0.29) is 18.8 Å². The van der Waals surface area contributed by atoms with Gasteiger partial charge in [0.2, 0.25) is 0 Å². The fraction of sp³-hybridized carbons (Fsp3) is 0.714. The first kappa shape index (κ1) is 18.2. The smallest absolute Gasteiger partial charge is 0.411 e. The average molecular weight is 315 g/mol. The number of ether oxygens (including phenoxy) is 1. The van der Waals surface area contributed by atoms with Gasteiger partial charge in [-0.05, 0) is 26.7 Å². The molecule has 1 heterocycles. The van der Waals surface area contributed by atoms with E-state index in [0.29, 0.717) is 0 Å². The molecule has 1 aliphatic rings. The molecule has 1 atom stereocenters. The lowest BCUT2D eigenvalue weighted by molar-refractivity contribution is -0.895. The Morgan fingerprint density at radius 1 is 1.14 bits per heavy atom. The van der Waals surface area contributed by atoms with Crippen LogP contribution in [0.3, 0.4) is 0 Å². The Kier molecular flexibility index (Phi) is 5.09. The highest BCUT2D eigenvalue weighted by Gasteiger charge is 2.64. The topological polar surface area (TPSA) is 113 Å². The number of imide groups is 3. The Morgan fingerprint density at radius 2 is 1.59 bits per heavy atom. The second-order valence-electron chi connectivity index (χ2n) is 6.56. The minimum atomic E-state index is -1.70. The molecule has 0 saturated carbocycles. The van der Waals surface area contributed by atoms with Crippen LogP contribution in [0.4, 0.5) is 4.79 Å². The van der Waals surface area contributed by atoms with Gasteiger partial charge in [0.05, 0.1) is 17.5 Å². The fourth-order valence-electron chi connectivity index (χ4n) is 1.80. The van der Waals surface area contributed by atoms with Crippen LogP contribution in [-0.4, -0.2) is 40.2 Å². The molecule has 0 aromatic heterocycles. The Balaban J connectivity index is 3.15. The molecule has 0 radical (unpaired) electrons. The summed E-state index contributed by atoms with van der Waals surface area (Å²) in [5.74, 6) is -2.93. The third kappa shape index (κ3) is 3.50. The third-order valence-corrected chi connectivity index (χ3v) is 3.12. The summed E-state index contributed by atoms with van der Waals surface area (Å²) in [4.78, 5) is 53.5. The summed E-state index contributed by atoms with van der Waals surface area (Å²) < 4.78 is 3.38. The van der Waals surface area contributed by atoms with Crippen LogP contribution in [0.15, 0.2) is 0 Å². The molecule has 0 spiro atoms. The van der Waals surface area contributed by atoms with E-state index in [0.717, 1.165) is 0 Å². The van der Waals surface area contributed by atoms with Gasteiger partial charge in [0.25, 0.3) is 0 Å². The van der Waals surface area contributed by atoms with Gasteiger partial charge in [-0.3, -0.25) is 0 Å². The van der Waals surface area contributed by atoms with E-state index in [1.165, 1.54) is 0 Å². The maximum absolute atomic E-state index is 12.3. The highest BCUT2D eigenvalue weighted by molar-refractivity contribution is 6.00. The van der Waals surface area contributed by atoms with E-state index < -0.39 is 40.2 Å². The van der Waals surface area contributed by atoms with Gasteiger partial charge in [-0.2, -0.15) is 4.79 Å². The molecule has 1 rings (SSSR count). The van der Waals surface area contributed by atoms with E-state index in [2.05, 4.69) is 0 Å². The van der Waals surface area contributed by atoms with Crippen LogP contribution in [0, 0.1) is 5.92 Å². The number of carbonyl (C=O) groups is 4. The lowest BCUT2D eigenvalue weighted by Gasteiger charge is -2.27. The summed E-state index contributed by atoms with van der Waals surface area (Å²) >= 11 is 0. The first-order chi connectivity index (χ1) is 9.91. The summed E-state index contributed by atoms with van der Waals surface area (Å²) in [6, 6.07) is -1.06. The van der Waals surface area contributed by atoms with Crippen molar-refractivity contribution in [3.05, 3.63) is 0 Å². The molecule has 8 heteroatoms. The van der Waals surface area contributed by atoms with E-state index in [1.54, 1.807) is 34.6 Å². The molecule has 0 aromatic carbocycles. The molecule has 0 bridgehead atoms. The monoisotopic (exact) mass is 315 g/mol. The molecule has 0 aromatic rings. The van der Waals surface area contributed by atoms with Crippen molar-refractivity contribution in [3.63, 3.8) is 0 Å². The summed E-state index contributed by atoms with van der Waals surface area (Å²) in [6.45, 7) is 8.09. The average Bonchev–Trinajstić information content (AvgIpc) is 2.64. The van der Waals surface area contributed by atoms with Crippen molar-refractivity contribution in [1.82, 2.24) is 0 Å². The predicted molar refractivity (Wildman–Crippen MR) is 74.6 cm³/mol. The lowest BCUT2D eigenvalue weighted by atomic mass is 10.1. The molecule has 0 aliphatic carbocycles. The number of nitrogens with zero attached hydrogens (tertiary/aromatic N) is 1. The zero-order valence-electron chi connectivity index (χ0n) is 13.5. The number of hydrogen-bond donors (Lipinski definition) is 1. The Hall–Kier alpha value is -1.80. The van der Waals surface area contributed by atoms with Crippen LogP contribution in [0.25, 0.3) is 0 Å². The first-order valence-electron chi connectivity index (χ1n) is 7.10. The summed E-state index contributed by atoms with van der Waals surface area (Å²) in [5.41, 5.74) is 4.71.